The lowest BCUT2D eigenvalue weighted by molar-refractivity contribution is -0.793. The Labute approximate surface area is 154 Å². The molecule has 2 aromatic carbocycles. The van der Waals surface area contributed by atoms with Gasteiger partial charge in [0, 0.05) is 4.92 Å². The summed E-state index contributed by atoms with van der Waals surface area (Å²) in [6, 6.07) is 10.9. The largest absolute Gasteiger partial charge is 0.296 e. The molecule has 1 aliphatic heterocycles. The lowest BCUT2D eigenvalue weighted by Gasteiger charge is -2.46. The summed E-state index contributed by atoms with van der Waals surface area (Å²) in [6.07, 6.45) is -1.86. The van der Waals surface area contributed by atoms with Crippen LogP contribution in [0.4, 0.5) is 0 Å². The molecule has 1 aliphatic rings. The highest BCUT2D eigenvalue weighted by atomic mass is 32.2. The molecule has 0 aliphatic carbocycles. The molecule has 0 aromatic heterocycles. The normalized spacial score (nSPS) is 22.6. The van der Waals surface area contributed by atoms with Crippen LogP contribution >= 0.6 is 0 Å². The molecule has 27 heavy (non-hydrogen) atoms. The first kappa shape index (κ1) is 18.7. The Bertz CT molecular complexity index is 963. The maximum absolute atomic E-state index is 13.1. The van der Waals surface area contributed by atoms with Crippen molar-refractivity contribution in [2.75, 3.05) is 0 Å². The van der Waals surface area contributed by atoms with Crippen molar-refractivity contribution in [1.82, 2.24) is 4.31 Å². The number of nitrogens with zero attached hydrogens (tertiary/aromatic N) is 3. The van der Waals surface area contributed by atoms with Crippen LogP contribution in [0.5, 0.6) is 0 Å². The summed E-state index contributed by atoms with van der Waals surface area (Å²) in [5.41, 5.74) is 1.16. The molecule has 3 rings (SSSR count). The summed E-state index contributed by atoms with van der Waals surface area (Å²) in [6.45, 7) is 1.77. The van der Waals surface area contributed by atoms with Crippen molar-refractivity contribution in [3.63, 3.8) is 0 Å². The predicted molar refractivity (Wildman–Crippen MR) is 92.0 cm³/mol. The van der Waals surface area contributed by atoms with E-state index in [9.17, 15) is 28.6 Å². The number of nitro groups is 1. The third kappa shape index (κ3) is 3.34. The molecule has 0 amide bonds. The highest BCUT2D eigenvalue weighted by Crippen LogP contribution is 2.45. The Morgan fingerprint density at radius 2 is 1.59 bits per heavy atom. The average molecular weight is 393 g/mol. The Morgan fingerprint density at radius 3 is 2.11 bits per heavy atom. The molecule has 11 heteroatoms. The lowest BCUT2D eigenvalue weighted by Crippen LogP contribution is -2.67. The molecule has 142 valence electrons. The Hall–Kier alpha value is -3.05. The SMILES string of the molecule is Cc1ccc(S(=O)(=O)N2[C@H](c3ccccc3)[C@@H]([N+](=O)[O-])[C@@H]2O[N+](=O)[O-])cc1. The molecule has 1 fully saturated rings. The van der Waals surface area contributed by atoms with Crippen LogP contribution in [-0.2, 0) is 14.9 Å². The summed E-state index contributed by atoms with van der Waals surface area (Å²) in [5.74, 6) is 0. The zero-order chi connectivity index (χ0) is 19.8. The number of hydrogen-bond donors (Lipinski definition) is 0. The monoisotopic (exact) mass is 393 g/mol. The zero-order valence-corrected chi connectivity index (χ0v) is 14.9. The van der Waals surface area contributed by atoms with Crippen LogP contribution in [0.3, 0.4) is 0 Å². The van der Waals surface area contributed by atoms with Crippen molar-refractivity contribution >= 4 is 10.0 Å². The molecule has 0 spiro atoms. The number of rotatable bonds is 6. The fraction of sp³-hybridized carbons (Fsp3) is 0.250. The van der Waals surface area contributed by atoms with Crippen molar-refractivity contribution < 1.29 is 23.3 Å². The van der Waals surface area contributed by atoms with Gasteiger partial charge >= 0.3 is 0 Å². The van der Waals surface area contributed by atoms with Gasteiger partial charge in [0.05, 0.1) is 4.90 Å². The van der Waals surface area contributed by atoms with Crippen LogP contribution in [0.25, 0.3) is 0 Å². The van der Waals surface area contributed by atoms with Crippen LogP contribution in [0.1, 0.15) is 17.2 Å². The van der Waals surface area contributed by atoms with Crippen molar-refractivity contribution in [3.05, 3.63) is 86.0 Å². The first-order chi connectivity index (χ1) is 12.7. The highest BCUT2D eigenvalue weighted by molar-refractivity contribution is 7.89. The van der Waals surface area contributed by atoms with Crippen molar-refractivity contribution in [1.29, 1.82) is 0 Å². The molecule has 1 heterocycles. The molecule has 0 radical (unpaired) electrons. The van der Waals surface area contributed by atoms with E-state index in [1.807, 2.05) is 0 Å². The topological polar surface area (TPSA) is 133 Å². The molecule has 2 aromatic rings. The van der Waals surface area contributed by atoms with Crippen molar-refractivity contribution in [3.8, 4) is 0 Å². The molecule has 0 saturated carbocycles. The summed E-state index contributed by atoms with van der Waals surface area (Å²) in [7, 11) is -4.28. The lowest BCUT2D eigenvalue weighted by atomic mass is 9.91. The standard InChI is InChI=1S/C16H15N3O7S/c1-11-7-9-13(10-8-11)27(24,25)17-14(12-5-3-2-4-6-12)15(18(20)21)16(17)26-19(22)23/h2-10,14-16H,1H3/t14-,15-,16+/m1/s1. The second-order valence-corrected chi connectivity index (χ2v) is 7.84. The highest BCUT2D eigenvalue weighted by Gasteiger charge is 2.64. The van der Waals surface area contributed by atoms with Gasteiger partial charge in [-0.2, -0.15) is 0 Å². The van der Waals surface area contributed by atoms with Gasteiger partial charge in [-0.1, -0.05) is 48.0 Å². The van der Waals surface area contributed by atoms with Crippen LogP contribution in [-0.4, -0.2) is 35.0 Å². The molecule has 3 atom stereocenters. The van der Waals surface area contributed by atoms with E-state index in [1.165, 1.54) is 24.3 Å². The summed E-state index contributed by atoms with van der Waals surface area (Å²) >= 11 is 0. The smallest absolute Gasteiger partial charge is 0.286 e. The Balaban J connectivity index is 2.10. The molecule has 0 N–H and O–H groups in total. The molecule has 0 unspecified atom stereocenters. The van der Waals surface area contributed by atoms with E-state index in [0.717, 1.165) is 5.56 Å². The minimum Gasteiger partial charge on any atom is -0.286 e. The third-order valence-electron chi connectivity index (χ3n) is 4.32. The van der Waals surface area contributed by atoms with Gasteiger partial charge in [-0.3, -0.25) is 15.0 Å². The number of aryl methyl sites for hydroxylation is 1. The number of benzene rings is 2. The predicted octanol–water partition coefficient (Wildman–Crippen LogP) is 1.92. The molecule has 1 saturated heterocycles. The van der Waals surface area contributed by atoms with Gasteiger partial charge < -0.3 is 0 Å². The minimum absolute atomic E-state index is 0.132. The molecule has 10 nitrogen and oxygen atoms in total. The fourth-order valence-electron chi connectivity index (χ4n) is 3.04. The number of hydrogen-bond acceptors (Lipinski definition) is 7. The summed E-state index contributed by atoms with van der Waals surface area (Å²) in [5, 5.41) is 21.1. The van der Waals surface area contributed by atoms with Crippen molar-refractivity contribution in [2.45, 2.75) is 30.1 Å². The average Bonchev–Trinajstić information content (AvgIpc) is 2.58. The zero-order valence-electron chi connectivity index (χ0n) is 14.0. The van der Waals surface area contributed by atoms with Gasteiger partial charge in [-0.05, 0) is 24.6 Å². The van der Waals surface area contributed by atoms with Crippen LogP contribution in [0.15, 0.2) is 59.5 Å². The number of sulfonamides is 1. The van der Waals surface area contributed by atoms with E-state index in [0.29, 0.717) is 9.87 Å². The van der Waals surface area contributed by atoms with E-state index >= 15 is 0 Å². The molecule has 0 bridgehead atoms. The maximum atomic E-state index is 13.1. The molecular weight excluding hydrogens is 378 g/mol. The first-order valence-electron chi connectivity index (χ1n) is 7.83. The maximum Gasteiger partial charge on any atom is 0.296 e. The van der Waals surface area contributed by atoms with Crippen LogP contribution < -0.4 is 0 Å². The van der Waals surface area contributed by atoms with E-state index in [1.54, 1.807) is 37.3 Å². The second-order valence-electron chi connectivity index (χ2n) is 6.00. The van der Waals surface area contributed by atoms with Crippen molar-refractivity contribution in [2.24, 2.45) is 0 Å². The summed E-state index contributed by atoms with van der Waals surface area (Å²) in [4.78, 5) is 25.8. The van der Waals surface area contributed by atoms with Gasteiger partial charge in [0.15, 0.2) is 0 Å². The first-order valence-corrected chi connectivity index (χ1v) is 9.27. The second kappa shape index (κ2) is 6.93. The van der Waals surface area contributed by atoms with Gasteiger partial charge in [0.2, 0.25) is 16.3 Å². The van der Waals surface area contributed by atoms with Gasteiger partial charge in [-0.15, -0.1) is 14.4 Å². The van der Waals surface area contributed by atoms with E-state index in [2.05, 4.69) is 4.84 Å². The van der Waals surface area contributed by atoms with E-state index < -0.39 is 38.3 Å². The Kier molecular flexibility index (Phi) is 4.81. The van der Waals surface area contributed by atoms with Gasteiger partial charge in [-0.25, -0.2) is 8.42 Å². The van der Waals surface area contributed by atoms with Gasteiger partial charge in [0.1, 0.15) is 6.04 Å². The van der Waals surface area contributed by atoms with E-state index in [-0.39, 0.29) is 4.90 Å². The summed E-state index contributed by atoms with van der Waals surface area (Å²) < 4.78 is 26.8. The van der Waals surface area contributed by atoms with Crippen LogP contribution in [0, 0.1) is 27.2 Å². The quantitative estimate of drug-likeness (QED) is 0.541. The fourth-order valence-corrected chi connectivity index (χ4v) is 4.75. The molecular formula is C16H15N3O7S. The van der Waals surface area contributed by atoms with Gasteiger partial charge in [0.25, 0.3) is 11.1 Å². The third-order valence-corrected chi connectivity index (χ3v) is 6.17. The van der Waals surface area contributed by atoms with E-state index in [4.69, 9.17) is 0 Å². The minimum atomic E-state index is -4.28. The van der Waals surface area contributed by atoms with Crippen LogP contribution in [0.2, 0.25) is 0 Å². The Morgan fingerprint density at radius 1 is 1.00 bits per heavy atom.